The van der Waals surface area contributed by atoms with Gasteiger partial charge >= 0.3 is 0 Å². The van der Waals surface area contributed by atoms with Crippen LogP contribution in [-0.2, 0) is 0 Å². The first-order chi connectivity index (χ1) is 5.92. The lowest BCUT2D eigenvalue weighted by molar-refractivity contribution is 0.260. The second-order valence-corrected chi connectivity index (χ2v) is 4.57. The summed E-state index contributed by atoms with van der Waals surface area (Å²) in [6.45, 7) is 0.411. The molecule has 0 unspecified atom stereocenters. The third kappa shape index (κ3) is 1.82. The minimum absolute atomic E-state index is 0.411. The predicted molar refractivity (Wildman–Crippen MR) is 49.9 cm³/mol. The van der Waals surface area contributed by atoms with E-state index in [1.54, 1.807) is 0 Å². The van der Waals surface area contributed by atoms with Crippen LogP contribution in [0.25, 0.3) is 0 Å². The summed E-state index contributed by atoms with van der Waals surface area (Å²) < 4.78 is 0. The molecule has 0 heterocycles. The van der Waals surface area contributed by atoms with Crippen LogP contribution in [0.15, 0.2) is 0 Å². The Hall–Kier alpha value is -0.0400. The highest BCUT2D eigenvalue weighted by Crippen LogP contribution is 2.50. The maximum absolute atomic E-state index is 8.79. The monoisotopic (exact) mass is 168 g/mol. The van der Waals surface area contributed by atoms with Crippen LogP contribution in [0.5, 0.6) is 0 Å². The van der Waals surface area contributed by atoms with Gasteiger partial charge < -0.3 is 5.11 Å². The Morgan fingerprint density at radius 1 is 1.08 bits per heavy atom. The van der Waals surface area contributed by atoms with E-state index in [2.05, 4.69) is 0 Å². The Labute approximate surface area is 75.2 Å². The molecule has 0 amide bonds. The van der Waals surface area contributed by atoms with Crippen molar-refractivity contribution in [1.82, 2.24) is 0 Å². The average Bonchev–Trinajstić information content (AvgIpc) is 2.87. The van der Waals surface area contributed by atoms with Crippen LogP contribution in [0, 0.1) is 17.8 Å². The lowest BCUT2D eigenvalue weighted by Crippen LogP contribution is -2.09. The Morgan fingerprint density at radius 3 is 2.50 bits per heavy atom. The Bertz CT molecular complexity index is 138. The minimum Gasteiger partial charge on any atom is -0.396 e. The van der Waals surface area contributed by atoms with Crippen molar-refractivity contribution in [1.29, 1.82) is 0 Å². The van der Waals surface area contributed by atoms with E-state index in [0.717, 1.165) is 24.2 Å². The van der Waals surface area contributed by atoms with Crippen molar-refractivity contribution in [3.8, 4) is 0 Å². The van der Waals surface area contributed by atoms with Crippen LogP contribution in [0.1, 0.15) is 44.9 Å². The van der Waals surface area contributed by atoms with Gasteiger partial charge in [0.2, 0.25) is 0 Å². The predicted octanol–water partition coefficient (Wildman–Crippen LogP) is 2.59. The minimum atomic E-state index is 0.411. The lowest BCUT2D eigenvalue weighted by Gasteiger charge is -2.21. The summed E-state index contributed by atoms with van der Waals surface area (Å²) >= 11 is 0. The highest BCUT2D eigenvalue weighted by Gasteiger charge is 2.41. The number of hydrogen-bond acceptors (Lipinski definition) is 1. The fraction of sp³-hybridized carbons (Fsp3) is 1.00. The Kier molecular flexibility index (Phi) is 2.69. The van der Waals surface area contributed by atoms with Crippen LogP contribution in [0.3, 0.4) is 0 Å². The molecule has 2 saturated carbocycles. The van der Waals surface area contributed by atoms with Gasteiger partial charge in [0.15, 0.2) is 0 Å². The molecule has 0 radical (unpaired) electrons. The van der Waals surface area contributed by atoms with Crippen molar-refractivity contribution in [2.24, 2.45) is 17.8 Å². The molecule has 1 N–H and O–H groups in total. The third-order valence-corrected chi connectivity index (χ3v) is 3.73. The molecule has 0 aromatic rings. The molecular weight excluding hydrogens is 148 g/mol. The van der Waals surface area contributed by atoms with E-state index in [-0.39, 0.29) is 0 Å². The number of rotatable bonds is 3. The second kappa shape index (κ2) is 3.78. The smallest absolute Gasteiger partial charge is 0.0433 e. The van der Waals surface area contributed by atoms with Crippen molar-refractivity contribution < 1.29 is 5.11 Å². The van der Waals surface area contributed by atoms with Gasteiger partial charge in [-0.1, -0.05) is 32.1 Å². The third-order valence-electron chi connectivity index (χ3n) is 3.73. The molecule has 0 saturated heterocycles. The van der Waals surface area contributed by atoms with Gasteiger partial charge in [-0.15, -0.1) is 0 Å². The number of aliphatic hydroxyl groups is 1. The van der Waals surface area contributed by atoms with Gasteiger partial charge in [-0.25, -0.2) is 0 Å². The Morgan fingerprint density at radius 2 is 1.83 bits per heavy atom. The molecule has 2 rings (SSSR count). The normalized spacial score (nSPS) is 36.8. The molecule has 1 nitrogen and oxygen atoms in total. The fourth-order valence-corrected chi connectivity index (χ4v) is 2.91. The van der Waals surface area contributed by atoms with Crippen LogP contribution in [0.2, 0.25) is 0 Å². The summed E-state index contributed by atoms with van der Waals surface area (Å²) in [6, 6.07) is 0. The van der Waals surface area contributed by atoms with E-state index in [4.69, 9.17) is 5.11 Å². The van der Waals surface area contributed by atoms with Gasteiger partial charge in [0.1, 0.15) is 0 Å². The summed E-state index contributed by atoms with van der Waals surface area (Å²) in [4.78, 5) is 0. The molecule has 0 aromatic heterocycles. The fourth-order valence-electron chi connectivity index (χ4n) is 2.91. The molecule has 1 heteroatoms. The zero-order valence-electron chi connectivity index (χ0n) is 7.84. The van der Waals surface area contributed by atoms with Crippen LogP contribution in [0.4, 0.5) is 0 Å². The lowest BCUT2D eigenvalue weighted by atomic mass is 9.85. The maximum atomic E-state index is 8.79. The quantitative estimate of drug-likeness (QED) is 0.686. The zero-order chi connectivity index (χ0) is 8.39. The first-order valence-electron chi connectivity index (χ1n) is 5.52. The number of hydrogen-bond donors (Lipinski definition) is 1. The van der Waals surface area contributed by atoms with E-state index >= 15 is 0 Å². The largest absolute Gasteiger partial charge is 0.396 e. The second-order valence-electron chi connectivity index (χ2n) is 4.57. The van der Waals surface area contributed by atoms with Gasteiger partial charge in [-0.05, 0) is 30.6 Å². The van der Waals surface area contributed by atoms with Gasteiger partial charge in [-0.2, -0.15) is 0 Å². The van der Waals surface area contributed by atoms with Crippen LogP contribution >= 0.6 is 0 Å². The summed E-state index contributed by atoms with van der Waals surface area (Å²) in [5, 5.41) is 8.79. The summed E-state index contributed by atoms with van der Waals surface area (Å²) in [7, 11) is 0. The topological polar surface area (TPSA) is 20.2 Å². The van der Waals surface area contributed by atoms with Crippen molar-refractivity contribution >= 4 is 0 Å². The highest BCUT2D eigenvalue weighted by atomic mass is 16.3. The van der Waals surface area contributed by atoms with Crippen molar-refractivity contribution in [2.45, 2.75) is 44.9 Å². The molecule has 0 aliphatic heterocycles. The van der Waals surface area contributed by atoms with E-state index in [0.29, 0.717) is 6.61 Å². The van der Waals surface area contributed by atoms with Gasteiger partial charge in [0.05, 0.1) is 0 Å². The molecule has 0 spiro atoms. The first kappa shape index (κ1) is 8.55. The first-order valence-corrected chi connectivity index (χ1v) is 5.52. The standard InChI is InChI=1S/C11H20O/c12-7-6-10-8-11(10)9-4-2-1-3-5-9/h9-12H,1-8H2/t10-,11-/m1/s1. The number of aliphatic hydroxyl groups excluding tert-OH is 1. The molecule has 70 valence electrons. The SMILES string of the molecule is OCC[C@@H]1C[C@@H]1C1CCCCC1. The summed E-state index contributed by atoms with van der Waals surface area (Å²) in [6.07, 6.45) is 9.85. The summed E-state index contributed by atoms with van der Waals surface area (Å²) in [5.41, 5.74) is 0. The zero-order valence-corrected chi connectivity index (χ0v) is 7.84. The molecule has 2 fully saturated rings. The van der Waals surface area contributed by atoms with Gasteiger partial charge in [0.25, 0.3) is 0 Å². The molecule has 0 bridgehead atoms. The average molecular weight is 168 g/mol. The molecule has 2 atom stereocenters. The highest BCUT2D eigenvalue weighted by molar-refractivity contribution is 4.91. The van der Waals surface area contributed by atoms with E-state index in [1.165, 1.54) is 38.5 Å². The molecular formula is C11H20O. The van der Waals surface area contributed by atoms with Crippen molar-refractivity contribution in [3.63, 3.8) is 0 Å². The summed E-state index contributed by atoms with van der Waals surface area (Å²) in [5.74, 6) is 2.95. The van der Waals surface area contributed by atoms with Crippen LogP contribution in [-0.4, -0.2) is 11.7 Å². The van der Waals surface area contributed by atoms with Crippen LogP contribution < -0.4 is 0 Å². The van der Waals surface area contributed by atoms with Crippen molar-refractivity contribution in [2.75, 3.05) is 6.61 Å². The van der Waals surface area contributed by atoms with Gasteiger partial charge in [0, 0.05) is 6.61 Å². The van der Waals surface area contributed by atoms with E-state index in [9.17, 15) is 0 Å². The molecule has 2 aliphatic rings. The molecule has 0 aromatic carbocycles. The van der Waals surface area contributed by atoms with Gasteiger partial charge in [-0.3, -0.25) is 0 Å². The molecule has 12 heavy (non-hydrogen) atoms. The van der Waals surface area contributed by atoms with Crippen molar-refractivity contribution in [3.05, 3.63) is 0 Å². The Balaban J connectivity index is 1.72. The molecule has 2 aliphatic carbocycles. The van der Waals surface area contributed by atoms with E-state index in [1.807, 2.05) is 0 Å². The van der Waals surface area contributed by atoms with E-state index < -0.39 is 0 Å². The maximum Gasteiger partial charge on any atom is 0.0433 e.